The largest absolute Gasteiger partial charge is 0.490 e. The van der Waals surface area contributed by atoms with Crippen LogP contribution < -0.4 is 10.2 Å². The fourth-order valence-corrected chi connectivity index (χ4v) is 1.83. The minimum Gasteiger partial charge on any atom is -0.490 e. The van der Waals surface area contributed by atoms with Crippen molar-refractivity contribution in [2.75, 3.05) is 5.43 Å². The molecule has 120 valence electrons. The lowest BCUT2D eigenvalue weighted by atomic mass is 10.2. The molecule has 0 aliphatic rings. The highest BCUT2D eigenvalue weighted by atomic mass is 16.6. The van der Waals surface area contributed by atoms with Crippen LogP contribution in [0.2, 0.25) is 0 Å². The van der Waals surface area contributed by atoms with E-state index in [9.17, 15) is 10.1 Å². The van der Waals surface area contributed by atoms with Crippen LogP contribution >= 0.6 is 0 Å². The van der Waals surface area contributed by atoms with E-state index >= 15 is 0 Å². The lowest BCUT2D eigenvalue weighted by Gasteiger charge is -2.14. The lowest BCUT2D eigenvalue weighted by Crippen LogP contribution is -2.11. The molecule has 0 fully saturated rings. The fraction of sp³-hybridized carbons (Fsp3) is 0.235. The van der Waals surface area contributed by atoms with E-state index in [-0.39, 0.29) is 11.8 Å². The summed E-state index contributed by atoms with van der Waals surface area (Å²) >= 11 is 0. The Bertz CT molecular complexity index is 684. The Morgan fingerprint density at radius 3 is 2.61 bits per heavy atom. The number of benzene rings is 2. The van der Waals surface area contributed by atoms with Crippen LogP contribution in [0.5, 0.6) is 5.75 Å². The highest BCUT2D eigenvalue weighted by Crippen LogP contribution is 2.19. The van der Waals surface area contributed by atoms with Crippen molar-refractivity contribution in [1.29, 1.82) is 0 Å². The van der Waals surface area contributed by atoms with Gasteiger partial charge in [0.2, 0.25) is 0 Å². The Morgan fingerprint density at radius 1 is 1.26 bits per heavy atom. The van der Waals surface area contributed by atoms with Crippen molar-refractivity contribution in [1.82, 2.24) is 0 Å². The number of ether oxygens (including phenoxy) is 1. The minimum atomic E-state index is -0.435. The number of para-hydroxylation sites is 1. The average molecular weight is 313 g/mol. The van der Waals surface area contributed by atoms with Crippen molar-refractivity contribution in [3.63, 3.8) is 0 Å². The molecule has 0 spiro atoms. The summed E-state index contributed by atoms with van der Waals surface area (Å²) in [6.07, 6.45) is 2.72. The van der Waals surface area contributed by atoms with Crippen molar-refractivity contribution >= 4 is 17.6 Å². The first-order valence-corrected chi connectivity index (χ1v) is 7.39. The van der Waals surface area contributed by atoms with Gasteiger partial charge in [0.15, 0.2) is 0 Å². The van der Waals surface area contributed by atoms with Gasteiger partial charge in [-0.15, -0.1) is 0 Å². The molecule has 0 radical (unpaired) electrons. The molecule has 0 saturated heterocycles. The topological polar surface area (TPSA) is 76.8 Å². The highest BCUT2D eigenvalue weighted by molar-refractivity contribution is 5.84. The van der Waals surface area contributed by atoms with Crippen molar-refractivity contribution in [2.45, 2.75) is 26.4 Å². The molecule has 0 aliphatic carbocycles. The predicted octanol–water partition coefficient (Wildman–Crippen LogP) is 4.22. The first kappa shape index (κ1) is 16.5. The van der Waals surface area contributed by atoms with Crippen molar-refractivity contribution < 1.29 is 9.66 Å². The van der Waals surface area contributed by atoms with Gasteiger partial charge in [0.1, 0.15) is 5.75 Å². The molecule has 23 heavy (non-hydrogen) atoms. The number of hydrazone groups is 1. The molecule has 1 N–H and O–H groups in total. The summed E-state index contributed by atoms with van der Waals surface area (Å²) in [5, 5.41) is 14.8. The summed E-state index contributed by atoms with van der Waals surface area (Å²) in [6, 6.07) is 13.7. The number of nitrogens with one attached hydrogen (secondary N) is 1. The summed E-state index contributed by atoms with van der Waals surface area (Å²) in [6.45, 7) is 4.08. The van der Waals surface area contributed by atoms with Gasteiger partial charge in [0, 0.05) is 17.7 Å². The van der Waals surface area contributed by atoms with Gasteiger partial charge >= 0.3 is 0 Å². The molecule has 2 aromatic carbocycles. The van der Waals surface area contributed by atoms with Gasteiger partial charge in [-0.2, -0.15) is 5.10 Å². The molecular formula is C17H19N3O3. The van der Waals surface area contributed by atoms with Crippen LogP contribution in [-0.4, -0.2) is 17.2 Å². The Morgan fingerprint density at radius 2 is 1.96 bits per heavy atom. The Kier molecular flexibility index (Phi) is 5.68. The van der Waals surface area contributed by atoms with Gasteiger partial charge in [0.25, 0.3) is 5.69 Å². The molecule has 0 saturated carbocycles. The lowest BCUT2D eigenvalue weighted by molar-refractivity contribution is -0.384. The summed E-state index contributed by atoms with van der Waals surface area (Å²) in [4.78, 5) is 10.2. The molecule has 2 aromatic rings. The predicted molar refractivity (Wildman–Crippen MR) is 91.1 cm³/mol. The Labute approximate surface area is 134 Å². The maximum atomic E-state index is 10.6. The van der Waals surface area contributed by atoms with E-state index in [1.165, 1.54) is 12.1 Å². The van der Waals surface area contributed by atoms with Crippen LogP contribution in [0.15, 0.2) is 53.6 Å². The highest BCUT2D eigenvalue weighted by Gasteiger charge is 2.05. The van der Waals surface area contributed by atoms with Crippen molar-refractivity contribution in [3.05, 3.63) is 64.2 Å². The van der Waals surface area contributed by atoms with Gasteiger partial charge in [-0.25, -0.2) is 0 Å². The van der Waals surface area contributed by atoms with Crippen LogP contribution in [-0.2, 0) is 0 Å². The summed E-state index contributed by atoms with van der Waals surface area (Å²) in [7, 11) is 0. The molecule has 1 atom stereocenters. The molecule has 0 bridgehead atoms. The molecular weight excluding hydrogens is 294 g/mol. The van der Waals surface area contributed by atoms with Gasteiger partial charge in [-0.05, 0) is 37.6 Å². The molecule has 2 rings (SSSR count). The molecule has 0 heterocycles. The van der Waals surface area contributed by atoms with Crippen LogP contribution in [0.25, 0.3) is 0 Å². The number of nitro benzene ring substituents is 1. The average Bonchev–Trinajstić information content (AvgIpc) is 2.56. The maximum absolute atomic E-state index is 10.6. The second-order valence-corrected chi connectivity index (χ2v) is 5.05. The number of nitro groups is 1. The van der Waals surface area contributed by atoms with Crippen molar-refractivity contribution in [3.8, 4) is 5.75 Å². The van der Waals surface area contributed by atoms with Crippen LogP contribution in [0.4, 0.5) is 11.4 Å². The zero-order valence-electron chi connectivity index (χ0n) is 13.1. The second-order valence-electron chi connectivity index (χ2n) is 5.05. The van der Waals surface area contributed by atoms with E-state index in [2.05, 4.69) is 17.5 Å². The third-order valence-electron chi connectivity index (χ3n) is 3.30. The summed E-state index contributed by atoms with van der Waals surface area (Å²) < 4.78 is 5.85. The second kappa shape index (κ2) is 7.93. The van der Waals surface area contributed by atoms with Crippen LogP contribution in [0.1, 0.15) is 25.8 Å². The van der Waals surface area contributed by atoms with Crippen molar-refractivity contribution in [2.24, 2.45) is 5.10 Å². The van der Waals surface area contributed by atoms with Gasteiger partial charge in [-0.3, -0.25) is 15.5 Å². The quantitative estimate of drug-likeness (QED) is 0.472. The normalized spacial score (nSPS) is 12.1. The first-order valence-electron chi connectivity index (χ1n) is 7.39. The third kappa shape index (κ3) is 4.81. The fourth-order valence-electron chi connectivity index (χ4n) is 1.83. The first-order chi connectivity index (χ1) is 11.1. The van der Waals surface area contributed by atoms with E-state index in [0.29, 0.717) is 5.69 Å². The van der Waals surface area contributed by atoms with E-state index < -0.39 is 4.92 Å². The number of rotatable bonds is 7. The SMILES string of the molecule is CC[C@@H](C)Oc1ccccc1/C=N/Nc1ccc([N+](=O)[O-])cc1. The minimum absolute atomic E-state index is 0.0480. The molecule has 6 heteroatoms. The van der Waals surface area contributed by atoms with Crippen LogP contribution in [0, 0.1) is 10.1 Å². The maximum Gasteiger partial charge on any atom is 0.269 e. The van der Waals surface area contributed by atoms with Crippen LogP contribution in [0.3, 0.4) is 0 Å². The number of nitrogens with zero attached hydrogens (tertiary/aromatic N) is 2. The van der Waals surface area contributed by atoms with Gasteiger partial charge in [0.05, 0.1) is 22.9 Å². The number of hydrogen-bond acceptors (Lipinski definition) is 5. The zero-order valence-corrected chi connectivity index (χ0v) is 13.1. The molecule has 0 amide bonds. The molecule has 0 unspecified atom stereocenters. The molecule has 6 nitrogen and oxygen atoms in total. The van der Waals surface area contributed by atoms with E-state index in [1.807, 2.05) is 31.2 Å². The zero-order chi connectivity index (χ0) is 16.7. The summed E-state index contributed by atoms with van der Waals surface area (Å²) in [5.41, 5.74) is 4.43. The van der Waals surface area contributed by atoms with Gasteiger partial charge < -0.3 is 4.74 Å². The van der Waals surface area contributed by atoms with E-state index in [1.54, 1.807) is 18.3 Å². The van der Waals surface area contributed by atoms with E-state index in [4.69, 9.17) is 4.74 Å². The van der Waals surface area contributed by atoms with Gasteiger partial charge in [-0.1, -0.05) is 19.1 Å². The number of non-ortho nitro benzene ring substituents is 1. The summed E-state index contributed by atoms with van der Waals surface area (Å²) in [5.74, 6) is 0.774. The molecule has 0 aromatic heterocycles. The number of hydrogen-bond donors (Lipinski definition) is 1. The monoisotopic (exact) mass is 313 g/mol. The number of anilines is 1. The standard InChI is InChI=1S/C17H19N3O3/c1-3-13(2)23-17-7-5-4-6-14(17)12-18-19-15-8-10-16(11-9-15)20(21)22/h4-13,19H,3H2,1-2H3/b18-12+/t13-/m1/s1. The third-order valence-corrected chi connectivity index (χ3v) is 3.30. The van der Waals surface area contributed by atoms with E-state index in [0.717, 1.165) is 17.7 Å². The molecule has 0 aliphatic heterocycles. The Balaban J connectivity index is 2.04. The Hall–Kier alpha value is -2.89. The smallest absolute Gasteiger partial charge is 0.269 e.